The highest BCUT2D eigenvalue weighted by molar-refractivity contribution is 4.97. The first kappa shape index (κ1) is 9.27. The third-order valence-corrected chi connectivity index (χ3v) is 2.85. The molecule has 0 bridgehead atoms. The Morgan fingerprint density at radius 3 is 1.77 bits per heavy atom. The molecular formula is C8H13F3N2. The lowest BCUT2D eigenvalue weighted by Gasteiger charge is -2.23. The Labute approximate surface area is 74.9 Å². The second kappa shape index (κ2) is 3.13. The summed E-state index contributed by atoms with van der Waals surface area (Å²) < 4.78 is 36.8. The van der Waals surface area contributed by atoms with Gasteiger partial charge in [-0.2, -0.15) is 13.2 Å². The summed E-state index contributed by atoms with van der Waals surface area (Å²) in [4.78, 5) is 0. The van der Waals surface area contributed by atoms with Gasteiger partial charge in [0.25, 0.3) is 0 Å². The summed E-state index contributed by atoms with van der Waals surface area (Å²) in [6, 6.07) is 0.0562. The van der Waals surface area contributed by atoms with Crippen LogP contribution in [0.5, 0.6) is 0 Å². The molecule has 1 aliphatic carbocycles. The maximum Gasteiger partial charge on any atom is 0.417 e. The minimum absolute atomic E-state index is 0.0281. The summed E-state index contributed by atoms with van der Waals surface area (Å²) in [5.74, 6) is 0. The lowest BCUT2D eigenvalue weighted by Crippen LogP contribution is -2.46. The smallest absolute Gasteiger partial charge is 0.290 e. The van der Waals surface area contributed by atoms with Crippen LogP contribution in [0.15, 0.2) is 0 Å². The molecular weight excluding hydrogens is 181 g/mol. The van der Waals surface area contributed by atoms with E-state index in [-0.39, 0.29) is 12.1 Å². The van der Waals surface area contributed by atoms with E-state index in [4.69, 9.17) is 0 Å². The largest absolute Gasteiger partial charge is 0.417 e. The number of hydrogen-bond acceptors (Lipinski definition) is 2. The minimum Gasteiger partial charge on any atom is -0.290 e. The van der Waals surface area contributed by atoms with Gasteiger partial charge in [0.1, 0.15) is 0 Å². The topological polar surface area (TPSA) is 24.1 Å². The van der Waals surface area contributed by atoms with Crippen molar-refractivity contribution in [3.63, 3.8) is 0 Å². The standard InChI is InChI=1S/C8H13F3N2/c9-8(10,11)7-12-5-3-1-2-4-6(5)13-7/h5-7,12-13H,1-4H2. The van der Waals surface area contributed by atoms with Crippen molar-refractivity contribution in [2.75, 3.05) is 0 Å². The molecule has 1 heterocycles. The van der Waals surface area contributed by atoms with E-state index in [9.17, 15) is 13.2 Å². The highest BCUT2D eigenvalue weighted by Crippen LogP contribution is 2.28. The van der Waals surface area contributed by atoms with E-state index in [2.05, 4.69) is 10.6 Å². The van der Waals surface area contributed by atoms with Crippen LogP contribution in [0.3, 0.4) is 0 Å². The monoisotopic (exact) mass is 194 g/mol. The Hall–Kier alpha value is -0.290. The van der Waals surface area contributed by atoms with Crippen LogP contribution in [0, 0.1) is 0 Å². The summed E-state index contributed by atoms with van der Waals surface area (Å²) in [6.45, 7) is 0. The van der Waals surface area contributed by atoms with Crippen LogP contribution in [0.1, 0.15) is 25.7 Å². The predicted octanol–water partition coefficient (Wildman–Crippen LogP) is 1.38. The third-order valence-electron chi connectivity index (χ3n) is 2.85. The number of nitrogens with one attached hydrogen (secondary N) is 2. The van der Waals surface area contributed by atoms with Gasteiger partial charge >= 0.3 is 6.18 Å². The zero-order valence-electron chi connectivity index (χ0n) is 7.19. The van der Waals surface area contributed by atoms with Gasteiger partial charge in [-0.15, -0.1) is 0 Å². The molecule has 2 unspecified atom stereocenters. The van der Waals surface area contributed by atoms with Crippen molar-refractivity contribution in [3.8, 4) is 0 Å². The molecule has 1 saturated carbocycles. The van der Waals surface area contributed by atoms with Crippen LogP contribution in [-0.2, 0) is 0 Å². The number of hydrogen-bond donors (Lipinski definition) is 2. The number of fused-ring (bicyclic) bond motifs is 1. The maximum absolute atomic E-state index is 12.3. The van der Waals surface area contributed by atoms with Crippen molar-refractivity contribution < 1.29 is 13.2 Å². The summed E-state index contributed by atoms with van der Waals surface area (Å²) in [6.07, 6.45) is -1.83. The molecule has 2 rings (SSSR count). The molecule has 1 saturated heterocycles. The van der Waals surface area contributed by atoms with E-state index in [1.807, 2.05) is 0 Å². The van der Waals surface area contributed by atoms with E-state index < -0.39 is 12.3 Å². The quantitative estimate of drug-likeness (QED) is 0.608. The summed E-state index contributed by atoms with van der Waals surface area (Å²) in [5, 5.41) is 5.19. The van der Waals surface area contributed by atoms with Gasteiger partial charge in [-0.1, -0.05) is 12.8 Å². The summed E-state index contributed by atoms with van der Waals surface area (Å²) >= 11 is 0. The minimum atomic E-state index is -4.16. The lowest BCUT2D eigenvalue weighted by atomic mass is 9.92. The fourth-order valence-corrected chi connectivity index (χ4v) is 2.20. The Morgan fingerprint density at radius 1 is 0.923 bits per heavy atom. The molecule has 2 aliphatic rings. The molecule has 2 atom stereocenters. The lowest BCUT2D eigenvalue weighted by molar-refractivity contribution is -0.158. The van der Waals surface area contributed by atoms with Crippen LogP contribution in [0.4, 0.5) is 13.2 Å². The van der Waals surface area contributed by atoms with Crippen molar-refractivity contribution in [1.82, 2.24) is 10.6 Å². The average Bonchev–Trinajstić information content (AvgIpc) is 2.45. The summed E-state index contributed by atoms with van der Waals surface area (Å²) in [7, 11) is 0. The fourth-order valence-electron chi connectivity index (χ4n) is 2.20. The predicted molar refractivity (Wildman–Crippen MR) is 42.2 cm³/mol. The fraction of sp³-hybridized carbons (Fsp3) is 1.00. The molecule has 0 aromatic rings. The van der Waals surface area contributed by atoms with E-state index >= 15 is 0 Å². The van der Waals surface area contributed by atoms with Gasteiger partial charge in [-0.3, -0.25) is 10.6 Å². The van der Waals surface area contributed by atoms with Gasteiger partial charge in [0.15, 0.2) is 6.17 Å². The second-order valence-electron chi connectivity index (χ2n) is 3.81. The van der Waals surface area contributed by atoms with E-state index in [1.165, 1.54) is 0 Å². The average molecular weight is 194 g/mol. The van der Waals surface area contributed by atoms with E-state index in [1.54, 1.807) is 0 Å². The van der Waals surface area contributed by atoms with E-state index in [0.29, 0.717) is 0 Å². The van der Waals surface area contributed by atoms with Gasteiger partial charge in [-0.05, 0) is 12.8 Å². The number of halogens is 3. The molecule has 0 amide bonds. The van der Waals surface area contributed by atoms with Crippen LogP contribution in [-0.4, -0.2) is 24.4 Å². The first-order valence-electron chi connectivity index (χ1n) is 4.66. The van der Waals surface area contributed by atoms with Gasteiger partial charge in [-0.25, -0.2) is 0 Å². The van der Waals surface area contributed by atoms with Crippen LogP contribution in [0.25, 0.3) is 0 Å². The van der Waals surface area contributed by atoms with Crippen LogP contribution < -0.4 is 10.6 Å². The van der Waals surface area contributed by atoms with Crippen molar-refractivity contribution in [1.29, 1.82) is 0 Å². The number of alkyl halides is 3. The SMILES string of the molecule is FC(F)(F)C1NC2CCCCC2N1. The molecule has 0 aromatic heterocycles. The molecule has 0 aromatic carbocycles. The van der Waals surface area contributed by atoms with Crippen molar-refractivity contribution in [3.05, 3.63) is 0 Å². The Balaban J connectivity index is 1.99. The van der Waals surface area contributed by atoms with Crippen molar-refractivity contribution >= 4 is 0 Å². The normalized spacial score (nSPS) is 40.4. The zero-order chi connectivity index (χ0) is 9.47. The number of rotatable bonds is 0. The Morgan fingerprint density at radius 2 is 1.38 bits per heavy atom. The molecule has 2 fully saturated rings. The first-order valence-corrected chi connectivity index (χ1v) is 4.66. The molecule has 2 nitrogen and oxygen atoms in total. The molecule has 0 radical (unpaired) electrons. The van der Waals surface area contributed by atoms with Gasteiger partial charge in [0.05, 0.1) is 0 Å². The zero-order valence-corrected chi connectivity index (χ0v) is 7.19. The Kier molecular flexibility index (Phi) is 2.23. The molecule has 0 spiro atoms. The van der Waals surface area contributed by atoms with Gasteiger partial charge in [0, 0.05) is 12.1 Å². The summed E-state index contributed by atoms with van der Waals surface area (Å²) in [5.41, 5.74) is 0. The maximum atomic E-state index is 12.3. The van der Waals surface area contributed by atoms with Gasteiger partial charge < -0.3 is 0 Å². The third kappa shape index (κ3) is 1.81. The molecule has 76 valence electrons. The van der Waals surface area contributed by atoms with Crippen LogP contribution in [0.2, 0.25) is 0 Å². The van der Waals surface area contributed by atoms with Crippen LogP contribution >= 0.6 is 0 Å². The molecule has 1 aliphatic heterocycles. The van der Waals surface area contributed by atoms with Crippen molar-refractivity contribution in [2.45, 2.75) is 50.1 Å². The molecule has 2 N–H and O–H groups in total. The molecule has 5 heteroatoms. The highest BCUT2D eigenvalue weighted by Gasteiger charge is 2.47. The highest BCUT2D eigenvalue weighted by atomic mass is 19.4. The van der Waals surface area contributed by atoms with Crippen molar-refractivity contribution in [2.24, 2.45) is 0 Å². The van der Waals surface area contributed by atoms with E-state index in [0.717, 1.165) is 25.7 Å². The molecule has 13 heavy (non-hydrogen) atoms. The first-order chi connectivity index (χ1) is 6.07. The second-order valence-corrected chi connectivity index (χ2v) is 3.81. The Bertz CT molecular complexity index is 178. The van der Waals surface area contributed by atoms with Gasteiger partial charge in [0.2, 0.25) is 0 Å².